The highest BCUT2D eigenvalue weighted by atomic mass is 35.5. The topological polar surface area (TPSA) is 56.8 Å². The molecule has 5 nitrogen and oxygen atoms in total. The fourth-order valence-corrected chi connectivity index (χ4v) is 2.52. The molecule has 0 aromatic heterocycles. The number of hydrogen-bond acceptors (Lipinski definition) is 4. The average molecular weight is 364 g/mol. The van der Waals surface area contributed by atoms with Crippen molar-refractivity contribution in [2.75, 3.05) is 19.5 Å². The van der Waals surface area contributed by atoms with E-state index < -0.39 is 6.10 Å². The van der Waals surface area contributed by atoms with Crippen molar-refractivity contribution >= 4 is 23.2 Å². The lowest BCUT2D eigenvalue weighted by molar-refractivity contribution is -0.122. The van der Waals surface area contributed by atoms with E-state index in [1.807, 2.05) is 32.0 Å². The van der Waals surface area contributed by atoms with E-state index in [0.29, 0.717) is 28.0 Å². The highest BCUT2D eigenvalue weighted by Gasteiger charge is 2.19. The molecule has 0 saturated heterocycles. The maximum absolute atomic E-state index is 12.5. The fraction of sp³-hybridized carbons (Fsp3) is 0.316. The Morgan fingerprint density at radius 3 is 2.40 bits per heavy atom. The number of hydrogen-bond donors (Lipinski definition) is 1. The predicted octanol–water partition coefficient (Wildman–Crippen LogP) is 4.38. The van der Waals surface area contributed by atoms with Crippen molar-refractivity contribution in [1.29, 1.82) is 0 Å². The summed E-state index contributed by atoms with van der Waals surface area (Å²) < 4.78 is 16.2. The van der Waals surface area contributed by atoms with Crippen LogP contribution < -0.4 is 19.5 Å². The summed E-state index contributed by atoms with van der Waals surface area (Å²) >= 11 is 6.08. The molecular formula is C19H22ClNO4. The molecule has 2 aromatic carbocycles. The lowest BCUT2D eigenvalue weighted by atomic mass is 10.1. The van der Waals surface area contributed by atoms with Gasteiger partial charge >= 0.3 is 0 Å². The number of anilines is 1. The van der Waals surface area contributed by atoms with Crippen LogP contribution in [-0.2, 0) is 4.79 Å². The van der Waals surface area contributed by atoms with Gasteiger partial charge in [0.2, 0.25) is 0 Å². The monoisotopic (exact) mass is 363 g/mol. The highest BCUT2D eigenvalue weighted by molar-refractivity contribution is 6.32. The number of amides is 1. The number of nitrogens with one attached hydrogen (secondary N) is 1. The zero-order valence-corrected chi connectivity index (χ0v) is 15.7. The zero-order valence-electron chi connectivity index (χ0n) is 15.0. The first-order valence-corrected chi connectivity index (χ1v) is 8.20. The van der Waals surface area contributed by atoms with Gasteiger partial charge in [0, 0.05) is 12.1 Å². The third kappa shape index (κ3) is 4.37. The van der Waals surface area contributed by atoms with Gasteiger partial charge in [0.15, 0.2) is 6.10 Å². The molecular weight excluding hydrogens is 342 g/mol. The zero-order chi connectivity index (χ0) is 18.6. The standard InChI is InChI=1S/C19H22ClNO4/c1-11-7-6-8-16(12(11)2)25-13(3)19(22)21-15-10-17(23-4)14(20)9-18(15)24-5/h6-10,13H,1-5H3,(H,21,22)/t13-/m0/s1. The van der Waals surface area contributed by atoms with E-state index in [-0.39, 0.29) is 5.91 Å². The summed E-state index contributed by atoms with van der Waals surface area (Å²) in [4.78, 5) is 12.5. The number of halogens is 1. The Morgan fingerprint density at radius 2 is 1.76 bits per heavy atom. The Labute approximate surface area is 152 Å². The summed E-state index contributed by atoms with van der Waals surface area (Å²) in [5.74, 6) is 1.27. The van der Waals surface area contributed by atoms with Crippen LogP contribution in [0.15, 0.2) is 30.3 Å². The first-order valence-electron chi connectivity index (χ1n) is 7.82. The Morgan fingerprint density at radius 1 is 1.08 bits per heavy atom. The van der Waals surface area contributed by atoms with Gasteiger partial charge in [0.1, 0.15) is 17.2 Å². The van der Waals surface area contributed by atoms with Gasteiger partial charge in [-0.3, -0.25) is 4.79 Å². The molecule has 0 spiro atoms. The second kappa shape index (κ2) is 8.12. The second-order valence-electron chi connectivity index (χ2n) is 5.63. The van der Waals surface area contributed by atoms with Crippen molar-refractivity contribution in [2.24, 2.45) is 0 Å². The van der Waals surface area contributed by atoms with Gasteiger partial charge < -0.3 is 19.5 Å². The molecule has 1 atom stereocenters. The molecule has 2 rings (SSSR count). The molecule has 0 aliphatic heterocycles. The van der Waals surface area contributed by atoms with E-state index in [9.17, 15) is 4.79 Å². The first-order chi connectivity index (χ1) is 11.9. The van der Waals surface area contributed by atoms with Gasteiger partial charge in [0.25, 0.3) is 5.91 Å². The van der Waals surface area contributed by atoms with Crippen molar-refractivity contribution in [3.8, 4) is 17.2 Å². The summed E-state index contributed by atoms with van der Waals surface area (Å²) in [7, 11) is 3.01. The number of carbonyl (C=O) groups is 1. The van der Waals surface area contributed by atoms with Crippen molar-refractivity contribution < 1.29 is 19.0 Å². The van der Waals surface area contributed by atoms with Crippen molar-refractivity contribution in [1.82, 2.24) is 0 Å². The Bertz CT molecular complexity index is 776. The molecule has 0 unspecified atom stereocenters. The summed E-state index contributed by atoms with van der Waals surface area (Å²) in [5, 5.41) is 3.19. The van der Waals surface area contributed by atoms with Crippen LogP contribution in [0.1, 0.15) is 18.1 Å². The number of carbonyl (C=O) groups excluding carboxylic acids is 1. The number of ether oxygens (including phenoxy) is 3. The molecule has 1 amide bonds. The molecule has 2 aromatic rings. The van der Waals surface area contributed by atoms with Gasteiger partial charge in [-0.2, -0.15) is 0 Å². The molecule has 0 bridgehead atoms. The van der Waals surface area contributed by atoms with Gasteiger partial charge in [-0.1, -0.05) is 23.7 Å². The Kier molecular flexibility index (Phi) is 6.15. The minimum atomic E-state index is -0.688. The molecule has 0 aliphatic carbocycles. The average Bonchev–Trinajstić information content (AvgIpc) is 2.59. The van der Waals surface area contributed by atoms with Crippen LogP contribution in [0.25, 0.3) is 0 Å². The normalized spacial score (nSPS) is 11.6. The minimum Gasteiger partial charge on any atom is -0.495 e. The van der Waals surface area contributed by atoms with Gasteiger partial charge in [-0.15, -0.1) is 0 Å². The van der Waals surface area contributed by atoms with Crippen molar-refractivity contribution in [2.45, 2.75) is 26.9 Å². The van der Waals surface area contributed by atoms with Gasteiger partial charge in [-0.25, -0.2) is 0 Å². The summed E-state index contributed by atoms with van der Waals surface area (Å²) in [6, 6.07) is 8.95. The molecule has 0 heterocycles. The molecule has 6 heteroatoms. The third-order valence-electron chi connectivity index (χ3n) is 3.96. The van der Waals surface area contributed by atoms with Crippen LogP contribution in [-0.4, -0.2) is 26.2 Å². The second-order valence-corrected chi connectivity index (χ2v) is 6.04. The predicted molar refractivity (Wildman–Crippen MR) is 99.2 cm³/mol. The van der Waals surface area contributed by atoms with E-state index in [1.165, 1.54) is 14.2 Å². The smallest absolute Gasteiger partial charge is 0.265 e. The molecule has 0 radical (unpaired) electrons. The van der Waals surface area contributed by atoms with Gasteiger partial charge in [0.05, 0.1) is 24.9 Å². The molecule has 1 N–H and O–H groups in total. The first kappa shape index (κ1) is 18.9. The fourth-order valence-electron chi connectivity index (χ4n) is 2.29. The highest BCUT2D eigenvalue weighted by Crippen LogP contribution is 2.36. The number of benzene rings is 2. The van der Waals surface area contributed by atoms with Crippen LogP contribution in [0.3, 0.4) is 0 Å². The molecule has 134 valence electrons. The van der Waals surface area contributed by atoms with E-state index in [2.05, 4.69) is 5.32 Å². The summed E-state index contributed by atoms with van der Waals surface area (Å²) in [6.07, 6.45) is -0.688. The molecule has 25 heavy (non-hydrogen) atoms. The minimum absolute atomic E-state index is 0.302. The van der Waals surface area contributed by atoms with E-state index in [4.69, 9.17) is 25.8 Å². The molecule has 0 aliphatic rings. The molecule has 0 saturated carbocycles. The van der Waals surface area contributed by atoms with Crippen LogP contribution in [0.5, 0.6) is 17.2 Å². The number of methoxy groups -OCH3 is 2. The quantitative estimate of drug-likeness (QED) is 0.827. The molecule has 0 fully saturated rings. The number of aryl methyl sites for hydroxylation is 1. The summed E-state index contributed by atoms with van der Waals surface area (Å²) in [6.45, 7) is 5.65. The SMILES string of the molecule is COc1cc(NC(=O)[C@H](C)Oc2cccc(C)c2C)c(OC)cc1Cl. The van der Waals surface area contributed by atoms with E-state index >= 15 is 0 Å². The Balaban J connectivity index is 2.17. The maximum Gasteiger partial charge on any atom is 0.265 e. The third-order valence-corrected chi connectivity index (χ3v) is 4.26. The van der Waals surface area contributed by atoms with Crippen LogP contribution >= 0.6 is 11.6 Å². The van der Waals surface area contributed by atoms with Crippen LogP contribution in [0.2, 0.25) is 5.02 Å². The van der Waals surface area contributed by atoms with Crippen molar-refractivity contribution in [3.05, 3.63) is 46.5 Å². The Hall–Kier alpha value is -2.40. The lowest BCUT2D eigenvalue weighted by Gasteiger charge is -2.18. The van der Waals surface area contributed by atoms with Crippen LogP contribution in [0.4, 0.5) is 5.69 Å². The van der Waals surface area contributed by atoms with Crippen LogP contribution in [0, 0.1) is 13.8 Å². The number of rotatable bonds is 6. The maximum atomic E-state index is 12.5. The largest absolute Gasteiger partial charge is 0.495 e. The lowest BCUT2D eigenvalue weighted by Crippen LogP contribution is -2.30. The van der Waals surface area contributed by atoms with Crippen molar-refractivity contribution in [3.63, 3.8) is 0 Å². The van der Waals surface area contributed by atoms with E-state index in [1.54, 1.807) is 19.1 Å². The van der Waals surface area contributed by atoms with E-state index in [0.717, 1.165) is 11.1 Å². The van der Waals surface area contributed by atoms with Gasteiger partial charge in [-0.05, 0) is 38.0 Å². The summed E-state index contributed by atoms with van der Waals surface area (Å²) in [5.41, 5.74) is 2.58.